The summed E-state index contributed by atoms with van der Waals surface area (Å²) >= 11 is 1.52. The topological polar surface area (TPSA) is 72.1 Å². The molecule has 2 aromatic heterocycles. The third-order valence-corrected chi connectivity index (χ3v) is 6.73. The Morgan fingerprint density at radius 3 is 2.54 bits per heavy atom. The molecular weight excluding hydrogens is 376 g/mol. The molecule has 0 saturated carbocycles. The molecule has 0 aliphatic carbocycles. The third kappa shape index (κ3) is 3.00. The molecule has 2 saturated heterocycles. The number of aromatic nitrogens is 3. The molecule has 1 atom stereocenters. The van der Waals surface area contributed by atoms with Crippen molar-refractivity contribution in [3.05, 3.63) is 46.6 Å². The molecular formula is C20H24N4O3S. The molecule has 2 aliphatic heterocycles. The van der Waals surface area contributed by atoms with Crippen LogP contribution in [0.1, 0.15) is 42.1 Å². The summed E-state index contributed by atoms with van der Waals surface area (Å²) in [6.07, 6.45) is 2.41. The average molecular weight is 401 g/mol. The summed E-state index contributed by atoms with van der Waals surface area (Å²) in [5, 5.41) is 15.4. The van der Waals surface area contributed by atoms with Crippen molar-refractivity contribution in [1.29, 1.82) is 0 Å². The fourth-order valence-corrected chi connectivity index (χ4v) is 5.33. The van der Waals surface area contributed by atoms with E-state index in [0.29, 0.717) is 13.2 Å². The fourth-order valence-electron chi connectivity index (χ4n) is 4.19. The van der Waals surface area contributed by atoms with Gasteiger partial charge in [-0.1, -0.05) is 48.6 Å². The molecule has 8 heteroatoms. The Balaban J connectivity index is 1.51. The van der Waals surface area contributed by atoms with Gasteiger partial charge in [-0.25, -0.2) is 4.98 Å². The lowest BCUT2D eigenvalue weighted by Gasteiger charge is -2.41. The van der Waals surface area contributed by atoms with Gasteiger partial charge in [-0.3, -0.25) is 4.90 Å². The number of rotatable bonds is 4. The summed E-state index contributed by atoms with van der Waals surface area (Å²) in [4.78, 5) is 8.56. The van der Waals surface area contributed by atoms with Gasteiger partial charge in [0.15, 0.2) is 11.6 Å². The van der Waals surface area contributed by atoms with Crippen molar-refractivity contribution in [1.82, 2.24) is 19.5 Å². The molecule has 0 radical (unpaired) electrons. The number of piperidine rings is 1. The van der Waals surface area contributed by atoms with E-state index in [4.69, 9.17) is 9.47 Å². The lowest BCUT2D eigenvalue weighted by atomic mass is 9.97. The Hall–Kier alpha value is -2.00. The zero-order valence-corrected chi connectivity index (χ0v) is 16.7. The minimum absolute atomic E-state index is 0.0430. The zero-order chi connectivity index (χ0) is 19.1. The van der Waals surface area contributed by atoms with Crippen molar-refractivity contribution in [3.8, 4) is 5.88 Å². The van der Waals surface area contributed by atoms with Crippen LogP contribution in [0.4, 0.5) is 0 Å². The van der Waals surface area contributed by atoms with E-state index < -0.39 is 5.79 Å². The van der Waals surface area contributed by atoms with Crippen LogP contribution in [0.5, 0.6) is 5.88 Å². The molecule has 0 amide bonds. The van der Waals surface area contributed by atoms with Crippen molar-refractivity contribution in [3.63, 3.8) is 0 Å². The van der Waals surface area contributed by atoms with Gasteiger partial charge < -0.3 is 14.6 Å². The number of aromatic hydroxyl groups is 1. The number of thiazole rings is 1. The van der Waals surface area contributed by atoms with Crippen molar-refractivity contribution in [2.24, 2.45) is 0 Å². The number of hydrogen-bond donors (Lipinski definition) is 1. The van der Waals surface area contributed by atoms with Gasteiger partial charge in [0.05, 0.1) is 24.1 Å². The Morgan fingerprint density at radius 2 is 1.89 bits per heavy atom. The Labute approximate surface area is 167 Å². The first kappa shape index (κ1) is 18.1. The van der Waals surface area contributed by atoms with Gasteiger partial charge in [-0.2, -0.15) is 4.52 Å². The standard InChI is InChI=1S/C20H24N4O3S/c1-2-15-21-19-24(22-15)18(25)17(28-19)16(14-6-4-3-5-7-14)23-10-8-20(9-11-23)26-12-13-27-20/h3-7,16,25H,2,8-13H2,1H3/t16-/m1/s1. The number of benzene rings is 1. The molecule has 28 heavy (non-hydrogen) atoms. The SMILES string of the molecule is CCc1nc2sc([C@@H](c3ccccc3)N3CCC4(CC3)OCCO4)c(O)n2n1. The number of likely N-dealkylation sites (tertiary alicyclic amines) is 1. The van der Waals surface area contributed by atoms with Crippen LogP contribution < -0.4 is 0 Å². The van der Waals surface area contributed by atoms with Crippen LogP contribution in [-0.4, -0.2) is 56.7 Å². The van der Waals surface area contributed by atoms with E-state index >= 15 is 0 Å². The predicted octanol–water partition coefficient (Wildman–Crippen LogP) is 2.99. The molecule has 2 aliphatic rings. The van der Waals surface area contributed by atoms with Gasteiger partial charge in [0.2, 0.25) is 10.8 Å². The van der Waals surface area contributed by atoms with Crippen molar-refractivity contribution >= 4 is 16.3 Å². The van der Waals surface area contributed by atoms with Crippen molar-refractivity contribution in [2.75, 3.05) is 26.3 Å². The molecule has 4 heterocycles. The summed E-state index contributed by atoms with van der Waals surface area (Å²) < 4.78 is 13.3. The van der Waals surface area contributed by atoms with Crippen LogP contribution in [-0.2, 0) is 15.9 Å². The molecule has 0 bridgehead atoms. The van der Waals surface area contributed by atoms with Crippen LogP contribution in [0, 0.1) is 0 Å². The zero-order valence-electron chi connectivity index (χ0n) is 15.9. The molecule has 1 N–H and O–H groups in total. The second-order valence-corrected chi connectivity index (χ2v) is 8.33. The van der Waals surface area contributed by atoms with Gasteiger partial charge in [0, 0.05) is 32.4 Å². The minimum Gasteiger partial charge on any atom is -0.492 e. The molecule has 1 aromatic carbocycles. The first-order chi connectivity index (χ1) is 13.7. The Bertz CT molecular complexity index is 955. The minimum atomic E-state index is -0.415. The largest absolute Gasteiger partial charge is 0.492 e. The maximum absolute atomic E-state index is 11.0. The van der Waals surface area contributed by atoms with E-state index in [0.717, 1.165) is 53.6 Å². The highest BCUT2D eigenvalue weighted by molar-refractivity contribution is 7.17. The lowest BCUT2D eigenvalue weighted by molar-refractivity contribution is -0.187. The molecule has 0 unspecified atom stereocenters. The van der Waals surface area contributed by atoms with Crippen LogP contribution in [0.3, 0.4) is 0 Å². The molecule has 148 valence electrons. The first-order valence-electron chi connectivity index (χ1n) is 9.83. The van der Waals surface area contributed by atoms with Gasteiger partial charge >= 0.3 is 0 Å². The molecule has 1 spiro atoms. The van der Waals surface area contributed by atoms with Gasteiger partial charge in [0.25, 0.3) is 0 Å². The van der Waals surface area contributed by atoms with Gasteiger partial charge in [-0.15, -0.1) is 5.10 Å². The smallest absolute Gasteiger partial charge is 0.230 e. The molecule has 5 rings (SSSR count). The maximum Gasteiger partial charge on any atom is 0.230 e. The number of aryl methyl sites for hydroxylation is 1. The number of ether oxygens (including phenoxy) is 2. The van der Waals surface area contributed by atoms with E-state index in [1.54, 1.807) is 4.52 Å². The molecule has 7 nitrogen and oxygen atoms in total. The summed E-state index contributed by atoms with van der Waals surface area (Å²) in [6.45, 7) is 5.05. The van der Waals surface area contributed by atoms with E-state index in [9.17, 15) is 5.11 Å². The second-order valence-electron chi connectivity index (χ2n) is 7.32. The van der Waals surface area contributed by atoms with E-state index in [-0.39, 0.29) is 11.9 Å². The van der Waals surface area contributed by atoms with Crippen molar-refractivity contribution < 1.29 is 14.6 Å². The van der Waals surface area contributed by atoms with Crippen LogP contribution in [0.15, 0.2) is 30.3 Å². The van der Waals surface area contributed by atoms with Crippen LogP contribution >= 0.6 is 11.3 Å². The monoisotopic (exact) mass is 400 g/mol. The third-order valence-electron chi connectivity index (χ3n) is 5.66. The fraction of sp³-hybridized carbons (Fsp3) is 0.500. The van der Waals surface area contributed by atoms with Crippen molar-refractivity contribution in [2.45, 2.75) is 38.0 Å². The summed E-state index contributed by atoms with van der Waals surface area (Å²) in [7, 11) is 0. The molecule has 2 fully saturated rings. The van der Waals surface area contributed by atoms with Crippen LogP contribution in [0.2, 0.25) is 0 Å². The number of nitrogens with zero attached hydrogens (tertiary/aromatic N) is 4. The van der Waals surface area contributed by atoms with E-state index in [1.807, 2.05) is 25.1 Å². The quantitative estimate of drug-likeness (QED) is 0.726. The highest BCUT2D eigenvalue weighted by Crippen LogP contribution is 2.42. The number of hydrogen-bond acceptors (Lipinski definition) is 7. The summed E-state index contributed by atoms with van der Waals surface area (Å²) in [6, 6.07) is 10.3. The maximum atomic E-state index is 11.0. The molecule has 3 aromatic rings. The van der Waals surface area contributed by atoms with Crippen LogP contribution in [0.25, 0.3) is 4.96 Å². The number of fused-ring (bicyclic) bond motifs is 1. The van der Waals surface area contributed by atoms with E-state index in [2.05, 4.69) is 27.1 Å². The Kier molecular flexibility index (Phi) is 4.59. The highest BCUT2D eigenvalue weighted by atomic mass is 32.1. The second kappa shape index (κ2) is 7.11. The van der Waals surface area contributed by atoms with Gasteiger partial charge in [-0.05, 0) is 5.56 Å². The lowest BCUT2D eigenvalue weighted by Crippen LogP contribution is -2.46. The average Bonchev–Trinajstić information content (AvgIpc) is 3.42. The summed E-state index contributed by atoms with van der Waals surface area (Å²) in [5.41, 5.74) is 1.15. The first-order valence-corrected chi connectivity index (χ1v) is 10.6. The normalized spacial score (nSPS) is 20.9. The Morgan fingerprint density at radius 1 is 1.18 bits per heavy atom. The van der Waals surface area contributed by atoms with E-state index in [1.165, 1.54) is 11.3 Å². The highest BCUT2D eigenvalue weighted by Gasteiger charge is 2.42. The van der Waals surface area contributed by atoms with Gasteiger partial charge in [0.1, 0.15) is 0 Å². The predicted molar refractivity (Wildman–Crippen MR) is 106 cm³/mol. The summed E-state index contributed by atoms with van der Waals surface area (Å²) in [5.74, 6) is 0.524.